The number of ether oxygens (including phenoxy) is 1. The van der Waals surface area contributed by atoms with E-state index in [1.54, 1.807) is 18.4 Å². The second-order valence-corrected chi connectivity index (χ2v) is 4.24. The van der Waals surface area contributed by atoms with Crippen LogP contribution in [0.4, 0.5) is 5.69 Å². The van der Waals surface area contributed by atoms with Crippen LogP contribution < -0.4 is 10.5 Å². The number of benzene rings is 1. The van der Waals surface area contributed by atoms with Gasteiger partial charge >= 0.3 is 0 Å². The number of nitrogens with two attached hydrogens (primary N) is 1. The second kappa shape index (κ2) is 3.90. The molecule has 0 aliphatic carbocycles. The summed E-state index contributed by atoms with van der Waals surface area (Å²) in [6.07, 6.45) is 0. The molecule has 0 radical (unpaired) electrons. The minimum absolute atomic E-state index is 0.639. The maximum absolute atomic E-state index is 5.83. The molecule has 1 aromatic heterocycles. The molecule has 78 valence electrons. The van der Waals surface area contributed by atoms with Gasteiger partial charge in [-0.2, -0.15) is 0 Å². The first-order valence-corrected chi connectivity index (χ1v) is 5.45. The Morgan fingerprint density at radius 2 is 2.20 bits per heavy atom. The smallest absolute Gasteiger partial charge is 0.151 e. The fourth-order valence-corrected chi connectivity index (χ4v) is 2.08. The van der Waals surface area contributed by atoms with Crippen LogP contribution in [0.5, 0.6) is 5.75 Å². The van der Waals surface area contributed by atoms with Crippen molar-refractivity contribution in [3.05, 3.63) is 28.6 Å². The highest BCUT2D eigenvalue weighted by molar-refractivity contribution is 7.09. The van der Waals surface area contributed by atoms with Gasteiger partial charge in [0.2, 0.25) is 0 Å². The molecule has 4 heteroatoms. The van der Waals surface area contributed by atoms with Crippen molar-refractivity contribution in [1.29, 1.82) is 0 Å². The number of aromatic nitrogens is 1. The van der Waals surface area contributed by atoms with Crippen LogP contribution in [-0.2, 0) is 0 Å². The topological polar surface area (TPSA) is 48.1 Å². The van der Waals surface area contributed by atoms with Crippen molar-refractivity contribution in [2.75, 3.05) is 12.8 Å². The highest BCUT2D eigenvalue weighted by Crippen LogP contribution is 2.34. The molecule has 15 heavy (non-hydrogen) atoms. The number of nitrogens with zero attached hydrogens (tertiary/aromatic N) is 1. The van der Waals surface area contributed by atoms with E-state index in [4.69, 9.17) is 10.5 Å². The molecular formula is C11H12N2OS. The van der Waals surface area contributed by atoms with Crippen LogP contribution in [0, 0.1) is 6.92 Å². The molecule has 3 nitrogen and oxygen atoms in total. The van der Waals surface area contributed by atoms with E-state index >= 15 is 0 Å². The fraction of sp³-hybridized carbons (Fsp3) is 0.182. The number of methoxy groups -OCH3 is 1. The third-order valence-corrected chi connectivity index (χ3v) is 2.92. The summed E-state index contributed by atoms with van der Waals surface area (Å²) in [7, 11) is 1.62. The molecule has 1 heterocycles. The average molecular weight is 220 g/mol. The predicted molar refractivity (Wildman–Crippen MR) is 63.3 cm³/mol. The third-order valence-electron chi connectivity index (χ3n) is 2.14. The molecule has 0 unspecified atom stereocenters. The summed E-state index contributed by atoms with van der Waals surface area (Å²) < 4.78 is 5.28. The lowest BCUT2D eigenvalue weighted by Crippen LogP contribution is -1.94. The first kappa shape index (κ1) is 9.98. The summed E-state index contributed by atoms with van der Waals surface area (Å²) in [5.41, 5.74) is 8.33. The van der Waals surface area contributed by atoms with Gasteiger partial charge < -0.3 is 10.5 Å². The van der Waals surface area contributed by atoms with Crippen molar-refractivity contribution >= 4 is 17.0 Å². The van der Waals surface area contributed by atoms with E-state index in [0.29, 0.717) is 11.4 Å². The van der Waals surface area contributed by atoms with Gasteiger partial charge in [0.05, 0.1) is 23.5 Å². The van der Waals surface area contributed by atoms with Crippen LogP contribution in [0.15, 0.2) is 23.6 Å². The summed E-state index contributed by atoms with van der Waals surface area (Å²) in [6, 6.07) is 5.69. The molecule has 2 aromatic rings. The van der Waals surface area contributed by atoms with E-state index < -0.39 is 0 Å². The molecule has 2 rings (SSSR count). The maximum atomic E-state index is 5.83. The molecule has 0 saturated carbocycles. The van der Waals surface area contributed by atoms with Gasteiger partial charge in [-0.1, -0.05) is 6.07 Å². The largest absolute Gasteiger partial charge is 0.494 e. The number of nitrogen functional groups attached to an aromatic ring is 1. The van der Waals surface area contributed by atoms with Gasteiger partial charge in [0.1, 0.15) is 0 Å². The zero-order chi connectivity index (χ0) is 10.8. The Bertz CT molecular complexity index is 479. The van der Waals surface area contributed by atoms with Gasteiger partial charge in [0, 0.05) is 10.9 Å². The molecule has 0 atom stereocenters. The molecule has 1 aromatic carbocycles. The van der Waals surface area contributed by atoms with E-state index in [0.717, 1.165) is 16.3 Å². The van der Waals surface area contributed by atoms with Gasteiger partial charge in [-0.3, -0.25) is 0 Å². The minimum Gasteiger partial charge on any atom is -0.494 e. The van der Waals surface area contributed by atoms with E-state index in [-0.39, 0.29) is 0 Å². The Kier molecular flexibility index (Phi) is 2.60. The first-order chi connectivity index (χ1) is 7.22. The average Bonchev–Trinajstić information content (AvgIpc) is 2.64. The van der Waals surface area contributed by atoms with Gasteiger partial charge in [0.15, 0.2) is 5.75 Å². The van der Waals surface area contributed by atoms with Crippen molar-refractivity contribution in [1.82, 2.24) is 4.98 Å². The summed E-state index contributed by atoms with van der Waals surface area (Å²) >= 11 is 1.62. The molecule has 0 amide bonds. The Hall–Kier alpha value is -1.55. The van der Waals surface area contributed by atoms with E-state index in [2.05, 4.69) is 4.98 Å². The van der Waals surface area contributed by atoms with Crippen molar-refractivity contribution in [3.63, 3.8) is 0 Å². The quantitative estimate of drug-likeness (QED) is 0.791. The number of anilines is 1. The fourth-order valence-electron chi connectivity index (χ4n) is 1.47. The van der Waals surface area contributed by atoms with Crippen LogP contribution in [0.1, 0.15) is 5.01 Å². The number of aryl methyl sites for hydroxylation is 1. The van der Waals surface area contributed by atoms with Gasteiger partial charge in [0.25, 0.3) is 0 Å². The zero-order valence-electron chi connectivity index (χ0n) is 8.65. The number of para-hydroxylation sites is 1. The molecule has 0 bridgehead atoms. The second-order valence-electron chi connectivity index (χ2n) is 3.18. The van der Waals surface area contributed by atoms with Crippen LogP contribution in [-0.4, -0.2) is 12.1 Å². The van der Waals surface area contributed by atoms with Crippen molar-refractivity contribution in [3.8, 4) is 17.0 Å². The number of hydrogen-bond acceptors (Lipinski definition) is 4. The van der Waals surface area contributed by atoms with E-state index in [1.807, 2.05) is 30.5 Å². The van der Waals surface area contributed by atoms with E-state index in [9.17, 15) is 0 Å². The Morgan fingerprint density at radius 1 is 1.40 bits per heavy atom. The standard InChI is InChI=1S/C11H12N2OS/c1-7-13-10(6-15-7)8-4-3-5-9(12)11(8)14-2/h3-6H,12H2,1-2H3. The van der Waals surface area contributed by atoms with Crippen molar-refractivity contribution in [2.45, 2.75) is 6.92 Å². The molecule has 0 aliphatic rings. The van der Waals surface area contributed by atoms with Gasteiger partial charge in [-0.25, -0.2) is 4.98 Å². The lowest BCUT2D eigenvalue weighted by molar-refractivity contribution is 0.418. The highest BCUT2D eigenvalue weighted by Gasteiger charge is 2.10. The Balaban J connectivity index is 2.57. The van der Waals surface area contributed by atoms with Crippen LogP contribution in [0.2, 0.25) is 0 Å². The van der Waals surface area contributed by atoms with E-state index in [1.165, 1.54) is 0 Å². The molecule has 0 saturated heterocycles. The highest BCUT2D eigenvalue weighted by atomic mass is 32.1. The molecule has 0 aliphatic heterocycles. The number of rotatable bonds is 2. The lowest BCUT2D eigenvalue weighted by atomic mass is 10.1. The van der Waals surface area contributed by atoms with Crippen LogP contribution in [0.25, 0.3) is 11.3 Å². The summed E-state index contributed by atoms with van der Waals surface area (Å²) in [5, 5.41) is 3.04. The Labute approximate surface area is 92.5 Å². The predicted octanol–water partition coefficient (Wildman–Crippen LogP) is 2.71. The van der Waals surface area contributed by atoms with Crippen LogP contribution in [0.3, 0.4) is 0 Å². The number of hydrogen-bond donors (Lipinski definition) is 1. The van der Waals surface area contributed by atoms with Crippen LogP contribution >= 0.6 is 11.3 Å². The molecule has 0 spiro atoms. The SMILES string of the molecule is COc1c(N)cccc1-c1csc(C)n1. The summed E-state index contributed by atoms with van der Waals surface area (Å²) in [5.74, 6) is 0.697. The first-order valence-electron chi connectivity index (χ1n) is 4.57. The van der Waals surface area contributed by atoms with Crippen molar-refractivity contribution in [2.24, 2.45) is 0 Å². The minimum atomic E-state index is 0.639. The summed E-state index contributed by atoms with van der Waals surface area (Å²) in [6.45, 7) is 1.98. The molecule has 0 fully saturated rings. The third kappa shape index (κ3) is 1.80. The number of thiazole rings is 1. The van der Waals surface area contributed by atoms with Crippen molar-refractivity contribution < 1.29 is 4.74 Å². The maximum Gasteiger partial charge on any atom is 0.151 e. The molecule has 2 N–H and O–H groups in total. The van der Waals surface area contributed by atoms with Gasteiger partial charge in [-0.15, -0.1) is 11.3 Å². The molecular weight excluding hydrogens is 208 g/mol. The summed E-state index contributed by atoms with van der Waals surface area (Å²) in [4.78, 5) is 4.41. The van der Waals surface area contributed by atoms with Gasteiger partial charge in [-0.05, 0) is 19.1 Å². The lowest BCUT2D eigenvalue weighted by Gasteiger charge is -2.08. The normalized spacial score (nSPS) is 10.3. The zero-order valence-corrected chi connectivity index (χ0v) is 9.47. The Morgan fingerprint density at radius 3 is 2.80 bits per heavy atom. The monoisotopic (exact) mass is 220 g/mol.